The standard InChI is InChI=1S/C22H23F3N6O/c1-21(2,32)13-3-6-19(27-10-13)30-20-15-7-8-31(11-18(15)28-12-29-20)14-4-5-17(26)16(9-14)22(23,24)25/h3-6,9-10,12,32H,7-8,11,26H2,1-2H3,(H,27,28,29,30). The average molecular weight is 444 g/mol. The Balaban J connectivity index is 1.56. The molecule has 3 aromatic rings. The Labute approximate surface area is 183 Å². The summed E-state index contributed by atoms with van der Waals surface area (Å²) in [6.07, 6.45) is -0.954. The zero-order chi connectivity index (χ0) is 23.1. The fourth-order valence-electron chi connectivity index (χ4n) is 3.62. The Kier molecular flexibility index (Phi) is 5.41. The number of hydrogen-bond acceptors (Lipinski definition) is 7. The van der Waals surface area contributed by atoms with E-state index in [1.807, 2.05) is 4.90 Å². The third-order valence-electron chi connectivity index (χ3n) is 5.43. The lowest BCUT2D eigenvalue weighted by atomic mass is 10.0. The van der Waals surface area contributed by atoms with E-state index >= 15 is 0 Å². The van der Waals surface area contributed by atoms with Crippen molar-refractivity contribution >= 4 is 23.0 Å². The molecule has 0 saturated carbocycles. The molecule has 168 valence electrons. The Morgan fingerprint density at radius 3 is 2.53 bits per heavy atom. The van der Waals surface area contributed by atoms with Gasteiger partial charge in [-0.05, 0) is 44.5 Å². The van der Waals surface area contributed by atoms with Crippen LogP contribution in [0.1, 0.15) is 36.2 Å². The van der Waals surface area contributed by atoms with Gasteiger partial charge in [0.1, 0.15) is 18.0 Å². The number of benzene rings is 1. The molecule has 1 aromatic carbocycles. The molecule has 4 rings (SSSR count). The van der Waals surface area contributed by atoms with Crippen molar-refractivity contribution in [2.24, 2.45) is 0 Å². The topological polar surface area (TPSA) is 100 Å². The van der Waals surface area contributed by atoms with Gasteiger partial charge >= 0.3 is 6.18 Å². The molecule has 0 atom stereocenters. The summed E-state index contributed by atoms with van der Waals surface area (Å²) in [5.41, 5.74) is 6.14. The Morgan fingerprint density at radius 1 is 1.09 bits per heavy atom. The van der Waals surface area contributed by atoms with E-state index in [4.69, 9.17) is 5.73 Å². The van der Waals surface area contributed by atoms with Crippen LogP contribution in [0, 0.1) is 0 Å². The maximum Gasteiger partial charge on any atom is 0.418 e. The smallest absolute Gasteiger partial charge is 0.398 e. The van der Waals surface area contributed by atoms with E-state index < -0.39 is 17.3 Å². The summed E-state index contributed by atoms with van der Waals surface area (Å²) in [6, 6.07) is 7.48. The zero-order valence-electron chi connectivity index (χ0n) is 17.6. The number of hydrogen-bond donors (Lipinski definition) is 3. The molecule has 0 unspecified atom stereocenters. The van der Waals surface area contributed by atoms with E-state index in [2.05, 4.69) is 20.3 Å². The fraction of sp³-hybridized carbons (Fsp3) is 0.318. The lowest BCUT2D eigenvalue weighted by molar-refractivity contribution is -0.136. The number of aliphatic hydroxyl groups is 1. The van der Waals surface area contributed by atoms with E-state index in [1.54, 1.807) is 38.2 Å². The predicted octanol–water partition coefficient (Wildman–Crippen LogP) is 4.01. The number of aromatic nitrogens is 3. The van der Waals surface area contributed by atoms with E-state index in [1.165, 1.54) is 12.4 Å². The van der Waals surface area contributed by atoms with Crippen LogP contribution in [0.5, 0.6) is 0 Å². The highest BCUT2D eigenvalue weighted by Gasteiger charge is 2.34. The monoisotopic (exact) mass is 444 g/mol. The number of nitrogens with two attached hydrogens (primary N) is 1. The van der Waals surface area contributed by atoms with Crippen LogP contribution < -0.4 is 16.0 Å². The first-order valence-corrected chi connectivity index (χ1v) is 10.0. The van der Waals surface area contributed by atoms with Crippen LogP contribution in [0.15, 0.2) is 42.9 Å². The van der Waals surface area contributed by atoms with Crippen LogP contribution in [0.3, 0.4) is 0 Å². The molecule has 10 heteroatoms. The number of rotatable bonds is 4. The number of pyridine rings is 1. The molecule has 1 aliphatic heterocycles. The summed E-state index contributed by atoms with van der Waals surface area (Å²) >= 11 is 0. The second-order valence-corrected chi connectivity index (χ2v) is 8.20. The van der Waals surface area contributed by atoms with E-state index in [-0.39, 0.29) is 5.69 Å². The molecule has 0 aliphatic carbocycles. The summed E-state index contributed by atoms with van der Waals surface area (Å²) < 4.78 is 39.7. The van der Waals surface area contributed by atoms with Gasteiger partial charge in [0.2, 0.25) is 0 Å². The molecule has 3 heterocycles. The van der Waals surface area contributed by atoms with Gasteiger partial charge in [-0.25, -0.2) is 15.0 Å². The van der Waals surface area contributed by atoms with E-state index in [0.717, 1.165) is 17.3 Å². The highest BCUT2D eigenvalue weighted by molar-refractivity contribution is 5.62. The van der Waals surface area contributed by atoms with Crippen molar-refractivity contribution in [3.05, 3.63) is 65.2 Å². The van der Waals surface area contributed by atoms with Gasteiger partial charge < -0.3 is 21.1 Å². The van der Waals surface area contributed by atoms with Gasteiger partial charge in [-0.3, -0.25) is 0 Å². The van der Waals surface area contributed by atoms with Crippen molar-refractivity contribution in [3.8, 4) is 0 Å². The Hall–Kier alpha value is -3.40. The highest BCUT2D eigenvalue weighted by atomic mass is 19.4. The molecule has 1 aliphatic rings. The van der Waals surface area contributed by atoms with Crippen LogP contribution in [-0.4, -0.2) is 26.6 Å². The van der Waals surface area contributed by atoms with Gasteiger partial charge in [0, 0.05) is 35.2 Å². The number of nitrogen functional groups attached to an aromatic ring is 1. The minimum Gasteiger partial charge on any atom is -0.398 e. The van der Waals surface area contributed by atoms with Gasteiger partial charge in [-0.15, -0.1) is 0 Å². The first-order valence-electron chi connectivity index (χ1n) is 10.0. The molecule has 32 heavy (non-hydrogen) atoms. The highest BCUT2D eigenvalue weighted by Crippen LogP contribution is 2.37. The molecule has 0 spiro atoms. The summed E-state index contributed by atoms with van der Waals surface area (Å²) in [5, 5.41) is 13.2. The van der Waals surface area contributed by atoms with Crippen molar-refractivity contribution in [1.29, 1.82) is 0 Å². The van der Waals surface area contributed by atoms with Gasteiger partial charge in [0.25, 0.3) is 0 Å². The molecule has 0 amide bonds. The van der Waals surface area contributed by atoms with Crippen LogP contribution in [0.25, 0.3) is 0 Å². The lowest BCUT2D eigenvalue weighted by Crippen LogP contribution is -2.32. The van der Waals surface area contributed by atoms with Crippen LogP contribution in [-0.2, 0) is 24.7 Å². The normalized spacial score (nSPS) is 14.2. The molecule has 0 bridgehead atoms. The molecule has 2 aromatic heterocycles. The molecule has 7 nitrogen and oxygen atoms in total. The summed E-state index contributed by atoms with van der Waals surface area (Å²) in [7, 11) is 0. The largest absolute Gasteiger partial charge is 0.418 e. The molecule has 0 radical (unpaired) electrons. The Bertz CT molecular complexity index is 1130. The van der Waals surface area contributed by atoms with Crippen LogP contribution >= 0.6 is 0 Å². The third kappa shape index (κ3) is 4.45. The number of nitrogens with zero attached hydrogens (tertiary/aromatic N) is 4. The quantitative estimate of drug-likeness (QED) is 0.523. The third-order valence-corrected chi connectivity index (χ3v) is 5.43. The Morgan fingerprint density at radius 2 is 1.88 bits per heavy atom. The lowest BCUT2D eigenvalue weighted by Gasteiger charge is -2.31. The van der Waals surface area contributed by atoms with E-state index in [9.17, 15) is 18.3 Å². The minimum atomic E-state index is -4.51. The second kappa shape index (κ2) is 7.94. The first-order chi connectivity index (χ1) is 15.0. The van der Waals surface area contributed by atoms with Gasteiger partial charge in [-0.1, -0.05) is 6.07 Å². The van der Waals surface area contributed by atoms with Crippen molar-refractivity contribution in [2.75, 3.05) is 22.5 Å². The fourth-order valence-corrected chi connectivity index (χ4v) is 3.62. The number of anilines is 4. The molecular formula is C22H23F3N6O. The maximum absolute atomic E-state index is 13.2. The minimum absolute atomic E-state index is 0.296. The van der Waals surface area contributed by atoms with Crippen molar-refractivity contribution in [1.82, 2.24) is 15.0 Å². The number of halogens is 3. The molecule has 0 fully saturated rings. The van der Waals surface area contributed by atoms with Crippen molar-refractivity contribution < 1.29 is 18.3 Å². The van der Waals surface area contributed by atoms with Gasteiger partial charge in [-0.2, -0.15) is 13.2 Å². The average Bonchev–Trinajstić information content (AvgIpc) is 2.73. The number of nitrogens with one attached hydrogen (secondary N) is 1. The summed E-state index contributed by atoms with van der Waals surface area (Å²) in [6.45, 7) is 4.21. The van der Waals surface area contributed by atoms with E-state index in [0.29, 0.717) is 42.4 Å². The molecular weight excluding hydrogens is 421 g/mol. The van der Waals surface area contributed by atoms with Gasteiger partial charge in [0.05, 0.1) is 23.4 Å². The van der Waals surface area contributed by atoms with Gasteiger partial charge in [0.15, 0.2) is 0 Å². The predicted molar refractivity (Wildman–Crippen MR) is 115 cm³/mol. The molecule has 0 saturated heterocycles. The van der Waals surface area contributed by atoms with Crippen LogP contribution in [0.4, 0.5) is 36.2 Å². The van der Waals surface area contributed by atoms with Crippen LogP contribution in [0.2, 0.25) is 0 Å². The molecule has 4 N–H and O–H groups in total. The number of fused-ring (bicyclic) bond motifs is 1. The SMILES string of the molecule is CC(C)(O)c1ccc(Nc2ncnc3c2CCN(c2ccc(N)c(C(F)(F)F)c2)C3)nc1. The second-order valence-electron chi connectivity index (χ2n) is 8.20. The number of alkyl halides is 3. The maximum atomic E-state index is 13.2. The zero-order valence-corrected chi connectivity index (χ0v) is 17.6. The van der Waals surface area contributed by atoms with Crippen molar-refractivity contribution in [3.63, 3.8) is 0 Å². The first kappa shape index (κ1) is 21.8. The van der Waals surface area contributed by atoms with Crippen molar-refractivity contribution in [2.45, 2.75) is 38.6 Å². The summed E-state index contributed by atoms with van der Waals surface area (Å²) in [4.78, 5) is 14.8. The summed E-state index contributed by atoms with van der Waals surface area (Å²) in [5.74, 6) is 1.17.